The van der Waals surface area contributed by atoms with Gasteiger partial charge in [0.2, 0.25) is 0 Å². The highest BCUT2D eigenvalue weighted by atomic mass is 127. The molecule has 1 aromatic carbocycles. The van der Waals surface area contributed by atoms with E-state index in [1.165, 1.54) is 38.5 Å². The molecule has 3 rings (SSSR count). The molecule has 2 saturated carbocycles. The van der Waals surface area contributed by atoms with Crippen molar-refractivity contribution in [3.05, 3.63) is 35.9 Å². The molecule has 0 nitrogen and oxygen atoms in total. The van der Waals surface area contributed by atoms with Crippen molar-refractivity contribution < 1.29 is 0 Å². The molecule has 0 saturated heterocycles. The molecule has 0 heterocycles. The van der Waals surface area contributed by atoms with Crippen LogP contribution < -0.4 is 0 Å². The maximum absolute atomic E-state index is 2.73. The number of fused-ring (bicyclic) bond motifs is 2. The quantitative estimate of drug-likeness (QED) is 0.530. The third-order valence-electron chi connectivity index (χ3n) is 4.37. The van der Waals surface area contributed by atoms with E-state index in [9.17, 15) is 0 Å². The summed E-state index contributed by atoms with van der Waals surface area (Å²) in [6.07, 6.45) is 8.56. The Morgan fingerprint density at radius 1 is 0.933 bits per heavy atom. The number of benzene rings is 1. The minimum absolute atomic E-state index is 0.542. The number of hydrogen-bond acceptors (Lipinski definition) is 0. The van der Waals surface area contributed by atoms with Crippen molar-refractivity contribution in [3.63, 3.8) is 0 Å². The fourth-order valence-electron chi connectivity index (χ4n) is 3.60. The van der Waals surface area contributed by atoms with Gasteiger partial charge >= 0.3 is 0 Å². The van der Waals surface area contributed by atoms with Gasteiger partial charge in [0.15, 0.2) is 0 Å². The van der Waals surface area contributed by atoms with E-state index in [2.05, 4.69) is 52.9 Å². The first kappa shape index (κ1) is 10.1. The average molecular weight is 312 g/mol. The lowest BCUT2D eigenvalue weighted by atomic mass is 9.71. The summed E-state index contributed by atoms with van der Waals surface area (Å²) in [5.74, 6) is 0. The Bertz CT molecular complexity index is 359. The lowest BCUT2D eigenvalue weighted by Crippen LogP contribution is -2.31. The zero-order chi connectivity index (χ0) is 10.4. The van der Waals surface area contributed by atoms with E-state index < -0.39 is 0 Å². The van der Waals surface area contributed by atoms with Crippen molar-refractivity contribution in [2.75, 3.05) is 0 Å². The van der Waals surface area contributed by atoms with Crippen LogP contribution in [0.4, 0.5) is 0 Å². The van der Waals surface area contributed by atoms with E-state index in [4.69, 9.17) is 0 Å². The van der Waals surface area contributed by atoms with Crippen LogP contribution in [0.2, 0.25) is 0 Å². The van der Waals surface area contributed by atoms with E-state index in [0.29, 0.717) is 8.84 Å². The zero-order valence-electron chi connectivity index (χ0n) is 9.01. The first-order valence-corrected chi connectivity index (χ1v) is 7.05. The third kappa shape index (κ3) is 1.63. The van der Waals surface area contributed by atoms with E-state index in [0.717, 1.165) is 0 Å². The SMILES string of the molecule is IC12CCCC(c3ccccc3)(CC1)C2. The number of halogens is 1. The monoisotopic (exact) mass is 312 g/mol. The Labute approximate surface area is 106 Å². The topological polar surface area (TPSA) is 0 Å². The van der Waals surface area contributed by atoms with Crippen LogP contribution in [0.3, 0.4) is 0 Å². The molecule has 2 aliphatic carbocycles. The molecular weight excluding hydrogens is 295 g/mol. The second-order valence-corrected chi connectivity index (χ2v) is 7.62. The predicted molar refractivity (Wildman–Crippen MR) is 72.6 cm³/mol. The summed E-state index contributed by atoms with van der Waals surface area (Å²) in [7, 11) is 0. The van der Waals surface area contributed by atoms with Crippen LogP contribution >= 0.6 is 22.6 Å². The van der Waals surface area contributed by atoms with Gasteiger partial charge in [-0.2, -0.15) is 0 Å². The van der Waals surface area contributed by atoms with Gasteiger partial charge in [-0.25, -0.2) is 0 Å². The van der Waals surface area contributed by atoms with Crippen LogP contribution in [-0.2, 0) is 5.41 Å². The van der Waals surface area contributed by atoms with E-state index in [1.54, 1.807) is 5.56 Å². The van der Waals surface area contributed by atoms with Crippen LogP contribution in [0.25, 0.3) is 0 Å². The Hall–Kier alpha value is -0.0500. The number of alkyl halides is 1. The molecule has 1 heteroatoms. The normalized spacial score (nSPS) is 39.3. The van der Waals surface area contributed by atoms with Crippen LogP contribution in [0.5, 0.6) is 0 Å². The zero-order valence-corrected chi connectivity index (χ0v) is 11.2. The Morgan fingerprint density at radius 3 is 2.53 bits per heavy atom. The first-order chi connectivity index (χ1) is 7.23. The van der Waals surface area contributed by atoms with Gasteiger partial charge in [0, 0.05) is 3.42 Å². The van der Waals surface area contributed by atoms with E-state index in [-0.39, 0.29) is 0 Å². The van der Waals surface area contributed by atoms with E-state index >= 15 is 0 Å². The molecule has 0 spiro atoms. The van der Waals surface area contributed by atoms with Gasteiger partial charge in [-0.05, 0) is 43.1 Å². The lowest BCUT2D eigenvalue weighted by Gasteiger charge is -2.37. The highest BCUT2D eigenvalue weighted by Gasteiger charge is 2.50. The van der Waals surface area contributed by atoms with Crippen LogP contribution in [0.1, 0.15) is 44.1 Å². The van der Waals surface area contributed by atoms with Gasteiger partial charge in [-0.1, -0.05) is 59.3 Å². The van der Waals surface area contributed by atoms with Crippen molar-refractivity contribution in [2.24, 2.45) is 0 Å². The van der Waals surface area contributed by atoms with E-state index in [1.807, 2.05) is 0 Å². The second kappa shape index (κ2) is 3.47. The van der Waals surface area contributed by atoms with Crippen molar-refractivity contribution in [1.82, 2.24) is 0 Å². The Kier molecular flexibility index (Phi) is 2.35. The van der Waals surface area contributed by atoms with Gasteiger partial charge in [0.25, 0.3) is 0 Å². The molecule has 2 fully saturated rings. The van der Waals surface area contributed by atoms with Gasteiger partial charge in [0.05, 0.1) is 0 Å². The minimum atomic E-state index is 0.542. The summed E-state index contributed by atoms with van der Waals surface area (Å²) in [5, 5.41) is 0. The summed E-state index contributed by atoms with van der Waals surface area (Å²) in [6, 6.07) is 11.2. The van der Waals surface area contributed by atoms with Gasteiger partial charge in [0.1, 0.15) is 0 Å². The minimum Gasteiger partial charge on any atom is -0.0788 e. The molecular formula is C14H17I. The van der Waals surface area contributed by atoms with Crippen molar-refractivity contribution in [3.8, 4) is 0 Å². The predicted octanol–water partition coefficient (Wildman–Crippen LogP) is 4.47. The van der Waals surface area contributed by atoms with Crippen LogP contribution in [0, 0.1) is 0 Å². The summed E-state index contributed by atoms with van der Waals surface area (Å²) >= 11 is 2.73. The summed E-state index contributed by atoms with van der Waals surface area (Å²) in [4.78, 5) is 0. The first-order valence-electron chi connectivity index (χ1n) is 5.97. The van der Waals surface area contributed by atoms with Gasteiger partial charge in [-0.3, -0.25) is 0 Å². The molecule has 0 amide bonds. The maximum Gasteiger partial charge on any atom is 0.0231 e. The van der Waals surface area contributed by atoms with Crippen molar-refractivity contribution in [2.45, 2.75) is 47.4 Å². The molecule has 0 aliphatic heterocycles. The molecule has 80 valence electrons. The molecule has 0 radical (unpaired) electrons. The second-order valence-electron chi connectivity index (χ2n) is 5.33. The third-order valence-corrected chi connectivity index (χ3v) is 5.83. The average Bonchev–Trinajstić information content (AvgIpc) is 2.52. The molecule has 0 N–H and O–H groups in total. The fourth-order valence-corrected chi connectivity index (χ4v) is 4.98. The van der Waals surface area contributed by atoms with Gasteiger partial charge in [-0.15, -0.1) is 0 Å². The maximum atomic E-state index is 2.73. The van der Waals surface area contributed by atoms with Crippen molar-refractivity contribution in [1.29, 1.82) is 0 Å². The highest BCUT2D eigenvalue weighted by Crippen LogP contribution is 2.58. The van der Waals surface area contributed by atoms with Gasteiger partial charge < -0.3 is 0 Å². The summed E-state index contributed by atoms with van der Waals surface area (Å²) in [5.41, 5.74) is 2.14. The smallest absolute Gasteiger partial charge is 0.0231 e. The number of hydrogen-bond donors (Lipinski definition) is 0. The lowest BCUT2D eigenvalue weighted by molar-refractivity contribution is 0.332. The molecule has 15 heavy (non-hydrogen) atoms. The molecule has 2 atom stereocenters. The Morgan fingerprint density at radius 2 is 1.73 bits per heavy atom. The molecule has 1 aromatic rings. The summed E-state index contributed by atoms with van der Waals surface area (Å²) in [6.45, 7) is 0. The molecule has 0 aromatic heterocycles. The standard InChI is InChI=1S/C14H17I/c15-14-8-4-7-13(11-14,9-10-14)12-5-2-1-3-6-12/h1-3,5-6H,4,7-11H2. The largest absolute Gasteiger partial charge is 0.0788 e. The summed E-state index contributed by atoms with van der Waals surface area (Å²) < 4.78 is 0.631. The molecule has 2 unspecified atom stereocenters. The Balaban J connectivity index is 1.99. The van der Waals surface area contributed by atoms with Crippen LogP contribution in [-0.4, -0.2) is 3.42 Å². The highest BCUT2D eigenvalue weighted by molar-refractivity contribution is 14.1. The number of rotatable bonds is 1. The fraction of sp³-hybridized carbons (Fsp3) is 0.571. The van der Waals surface area contributed by atoms with Crippen molar-refractivity contribution >= 4 is 22.6 Å². The molecule has 2 aliphatic rings. The molecule has 2 bridgehead atoms. The van der Waals surface area contributed by atoms with Crippen LogP contribution in [0.15, 0.2) is 30.3 Å².